The van der Waals surface area contributed by atoms with Crippen LogP contribution in [0.15, 0.2) is 54.6 Å². The van der Waals surface area contributed by atoms with Crippen molar-refractivity contribution < 1.29 is 19.5 Å². The molecule has 10 nitrogen and oxygen atoms in total. The molecule has 0 saturated carbocycles. The van der Waals surface area contributed by atoms with Crippen molar-refractivity contribution >= 4 is 46.2 Å². The SMILES string of the molecule is CC[C@@H](CO)N1C(=O)[C@@H]2[C@H](C(=O)Nc3ccccc3)[C@@H]3CC(C)C2(S3)C1C(=O)NCn1nnc2ccccc21. The topological polar surface area (TPSA) is 129 Å². The van der Waals surface area contributed by atoms with Crippen LogP contribution in [0.4, 0.5) is 5.69 Å². The highest BCUT2D eigenvalue weighted by Crippen LogP contribution is 2.68. The number of nitrogens with zero attached hydrogens (tertiary/aromatic N) is 4. The van der Waals surface area contributed by atoms with E-state index in [1.165, 1.54) is 0 Å². The van der Waals surface area contributed by atoms with Gasteiger partial charge < -0.3 is 20.6 Å². The summed E-state index contributed by atoms with van der Waals surface area (Å²) in [6.07, 6.45) is 1.23. The third-order valence-electron chi connectivity index (χ3n) is 8.67. The van der Waals surface area contributed by atoms with Gasteiger partial charge in [0.2, 0.25) is 17.7 Å². The Morgan fingerprint density at radius 3 is 2.64 bits per heavy atom. The van der Waals surface area contributed by atoms with Gasteiger partial charge in [0.15, 0.2) is 0 Å². The molecule has 1 aromatic heterocycles. The molecule has 3 N–H and O–H groups in total. The number of fused-ring (bicyclic) bond motifs is 2. The van der Waals surface area contributed by atoms with E-state index < -0.39 is 28.7 Å². The van der Waals surface area contributed by atoms with Crippen molar-refractivity contribution in [1.82, 2.24) is 25.2 Å². The first-order valence-electron chi connectivity index (χ1n) is 13.4. The minimum atomic E-state index is -0.818. The minimum Gasteiger partial charge on any atom is -0.394 e. The second-order valence-corrected chi connectivity index (χ2v) is 12.2. The van der Waals surface area contributed by atoms with Crippen LogP contribution in [0.1, 0.15) is 26.7 Å². The van der Waals surface area contributed by atoms with E-state index in [1.54, 1.807) is 21.3 Å². The quantitative estimate of drug-likeness (QED) is 0.394. The lowest BCUT2D eigenvalue weighted by atomic mass is 9.66. The summed E-state index contributed by atoms with van der Waals surface area (Å²) < 4.78 is 0.850. The van der Waals surface area contributed by atoms with Gasteiger partial charge in [0.25, 0.3) is 0 Å². The molecule has 3 fully saturated rings. The number of aliphatic hydroxyl groups excluding tert-OH is 1. The predicted molar refractivity (Wildman–Crippen MR) is 147 cm³/mol. The molecule has 3 unspecified atom stereocenters. The van der Waals surface area contributed by atoms with Crippen LogP contribution in [0.5, 0.6) is 0 Å². The van der Waals surface area contributed by atoms with Crippen molar-refractivity contribution in [2.75, 3.05) is 11.9 Å². The van der Waals surface area contributed by atoms with Gasteiger partial charge in [-0.1, -0.05) is 49.4 Å². The molecule has 204 valence electrons. The highest BCUT2D eigenvalue weighted by atomic mass is 32.2. The number of benzene rings is 2. The lowest BCUT2D eigenvalue weighted by Crippen LogP contribution is -2.58. The van der Waals surface area contributed by atoms with E-state index >= 15 is 0 Å². The van der Waals surface area contributed by atoms with Crippen LogP contribution in [-0.2, 0) is 21.1 Å². The zero-order valence-corrected chi connectivity index (χ0v) is 22.7. The van der Waals surface area contributed by atoms with Gasteiger partial charge in [-0.05, 0) is 43.0 Å². The molecule has 0 radical (unpaired) electrons. The Kier molecular flexibility index (Phi) is 6.58. The molecule has 3 saturated heterocycles. The van der Waals surface area contributed by atoms with Crippen molar-refractivity contribution in [3.8, 4) is 0 Å². The monoisotopic (exact) mass is 548 g/mol. The number of amides is 3. The molecule has 1 spiro atoms. The number of carbonyl (C=O) groups is 3. The summed E-state index contributed by atoms with van der Waals surface area (Å²) in [7, 11) is 0. The molecule has 6 rings (SSSR count). The molecular formula is C28H32N6O4S. The smallest absolute Gasteiger partial charge is 0.245 e. The molecule has 2 aromatic carbocycles. The van der Waals surface area contributed by atoms with Crippen LogP contribution in [0.25, 0.3) is 11.0 Å². The number of hydrogen-bond donors (Lipinski definition) is 3. The summed E-state index contributed by atoms with van der Waals surface area (Å²) in [5.74, 6) is -1.90. The second kappa shape index (κ2) is 9.95. The summed E-state index contributed by atoms with van der Waals surface area (Å²) in [5, 5.41) is 24.5. The highest BCUT2D eigenvalue weighted by Gasteiger charge is 2.76. The normalized spacial score (nSPS) is 30.0. The van der Waals surface area contributed by atoms with E-state index in [1.807, 2.05) is 61.5 Å². The van der Waals surface area contributed by atoms with E-state index in [0.717, 1.165) is 17.5 Å². The van der Waals surface area contributed by atoms with Gasteiger partial charge in [0, 0.05) is 10.9 Å². The van der Waals surface area contributed by atoms with Crippen molar-refractivity contribution in [1.29, 1.82) is 0 Å². The average molecular weight is 549 g/mol. The largest absolute Gasteiger partial charge is 0.394 e. The molecule has 3 amide bonds. The third kappa shape index (κ3) is 3.93. The molecule has 7 atom stereocenters. The van der Waals surface area contributed by atoms with Gasteiger partial charge >= 0.3 is 0 Å². The Morgan fingerprint density at radius 2 is 1.90 bits per heavy atom. The van der Waals surface area contributed by atoms with Crippen molar-refractivity contribution in [3.05, 3.63) is 54.6 Å². The fourth-order valence-corrected chi connectivity index (χ4v) is 9.31. The molecule has 0 aliphatic carbocycles. The lowest BCUT2D eigenvalue weighted by Gasteiger charge is -2.40. The average Bonchev–Trinajstić information content (AvgIpc) is 3.66. The predicted octanol–water partition coefficient (Wildman–Crippen LogP) is 2.25. The van der Waals surface area contributed by atoms with Crippen molar-refractivity contribution in [2.45, 2.75) is 55.4 Å². The molecule has 2 bridgehead atoms. The fraction of sp³-hybridized carbons (Fsp3) is 0.464. The number of likely N-dealkylation sites (tertiary alicyclic amines) is 1. The van der Waals surface area contributed by atoms with Crippen LogP contribution in [-0.4, -0.2) is 71.4 Å². The summed E-state index contributed by atoms with van der Waals surface area (Å²) in [6, 6.07) is 15.4. The first kappa shape index (κ1) is 25.8. The molecule has 4 heterocycles. The Morgan fingerprint density at radius 1 is 1.15 bits per heavy atom. The van der Waals surface area contributed by atoms with E-state index in [0.29, 0.717) is 12.1 Å². The third-order valence-corrected chi connectivity index (χ3v) is 10.8. The number of rotatable bonds is 8. The van der Waals surface area contributed by atoms with Crippen LogP contribution in [0.2, 0.25) is 0 Å². The number of aromatic nitrogens is 3. The van der Waals surface area contributed by atoms with E-state index in [9.17, 15) is 19.5 Å². The molecule has 3 aliphatic rings. The summed E-state index contributed by atoms with van der Waals surface area (Å²) in [6.45, 7) is 3.80. The van der Waals surface area contributed by atoms with Gasteiger partial charge in [-0.25, -0.2) is 4.68 Å². The number of para-hydroxylation sites is 2. The Labute approximate surface area is 230 Å². The maximum atomic E-state index is 14.2. The molecular weight excluding hydrogens is 516 g/mol. The van der Waals surface area contributed by atoms with Gasteiger partial charge in [-0.15, -0.1) is 16.9 Å². The molecule has 11 heteroatoms. The number of aliphatic hydroxyl groups is 1. The molecule has 3 aliphatic heterocycles. The van der Waals surface area contributed by atoms with Gasteiger partial charge in [0.05, 0.1) is 34.7 Å². The minimum absolute atomic E-state index is 0.0337. The van der Waals surface area contributed by atoms with Gasteiger partial charge in [-0.2, -0.15) is 0 Å². The van der Waals surface area contributed by atoms with Crippen molar-refractivity contribution in [2.24, 2.45) is 17.8 Å². The number of hydrogen-bond acceptors (Lipinski definition) is 7. The van der Waals surface area contributed by atoms with E-state index in [-0.39, 0.29) is 42.2 Å². The van der Waals surface area contributed by atoms with E-state index in [2.05, 4.69) is 27.9 Å². The zero-order chi connectivity index (χ0) is 27.3. The lowest BCUT2D eigenvalue weighted by molar-refractivity contribution is -0.142. The maximum absolute atomic E-state index is 14.2. The second-order valence-electron chi connectivity index (χ2n) is 10.7. The Bertz CT molecular complexity index is 1410. The van der Waals surface area contributed by atoms with Crippen LogP contribution >= 0.6 is 11.8 Å². The number of anilines is 1. The highest BCUT2D eigenvalue weighted by molar-refractivity contribution is 8.02. The number of carbonyl (C=O) groups excluding carboxylic acids is 3. The molecule has 39 heavy (non-hydrogen) atoms. The summed E-state index contributed by atoms with van der Waals surface area (Å²) in [4.78, 5) is 43.4. The van der Waals surface area contributed by atoms with Gasteiger partial charge in [0.1, 0.15) is 18.2 Å². The first-order valence-corrected chi connectivity index (χ1v) is 14.3. The van der Waals surface area contributed by atoms with Crippen LogP contribution < -0.4 is 10.6 Å². The zero-order valence-electron chi connectivity index (χ0n) is 21.9. The fourth-order valence-electron chi connectivity index (χ4n) is 6.90. The van der Waals surface area contributed by atoms with Gasteiger partial charge in [-0.3, -0.25) is 14.4 Å². The maximum Gasteiger partial charge on any atom is 0.245 e. The van der Waals surface area contributed by atoms with Crippen molar-refractivity contribution in [3.63, 3.8) is 0 Å². The summed E-state index contributed by atoms with van der Waals surface area (Å²) in [5.41, 5.74) is 2.19. The molecule has 3 aromatic rings. The number of nitrogens with one attached hydrogen (secondary N) is 2. The summed E-state index contributed by atoms with van der Waals surface area (Å²) >= 11 is 1.61. The van der Waals surface area contributed by atoms with Crippen LogP contribution in [0.3, 0.4) is 0 Å². The van der Waals surface area contributed by atoms with E-state index in [4.69, 9.17) is 0 Å². The van der Waals surface area contributed by atoms with Crippen LogP contribution in [0, 0.1) is 17.8 Å². The standard InChI is InChI=1S/C28H32N6O4S/c1-3-18(14-35)34-24(26(37)29-15-33-20-12-8-7-11-19(20)31-32-33)28-16(2)13-21(39-28)22(23(28)27(34)38)25(36)30-17-9-5-4-6-10-17/h4-12,16,18,21-24,35H,3,13-15H2,1-2H3,(H,29,37)(H,30,36)/t16?,18-,21-,22+,23-,24?,28?/m0/s1. The Balaban J connectivity index is 1.33. The Hall–Kier alpha value is -3.44. The number of thioether (sulfide) groups is 1. The first-order chi connectivity index (χ1) is 18.9.